The molecule has 1 fully saturated rings. The predicted octanol–water partition coefficient (Wildman–Crippen LogP) is 5.83. The number of para-hydroxylation sites is 1. The van der Waals surface area contributed by atoms with E-state index >= 15 is 0 Å². The number of carbonyl (C=O) groups excluding carboxylic acids is 1. The Hall–Kier alpha value is -2.86. The van der Waals surface area contributed by atoms with E-state index in [9.17, 15) is 9.18 Å². The number of likely N-dealkylation sites (tertiary alicyclic amines) is 1. The lowest BCUT2D eigenvalue weighted by atomic mass is 9.72. The van der Waals surface area contributed by atoms with Crippen LogP contribution in [0.25, 0.3) is 0 Å². The molecule has 0 N–H and O–H groups in total. The van der Waals surface area contributed by atoms with Crippen LogP contribution < -0.4 is 9.80 Å². The minimum atomic E-state index is -0.373. The first-order chi connectivity index (χ1) is 17.0. The topological polar surface area (TPSA) is 42.0 Å². The highest BCUT2D eigenvalue weighted by Gasteiger charge is 2.34. The number of ether oxygens (including phenoxy) is 1. The molecule has 1 spiro atoms. The monoisotopic (exact) mass is 478 g/mol. The van der Waals surface area contributed by atoms with Gasteiger partial charge < -0.3 is 9.64 Å². The molecule has 1 saturated heterocycles. The third kappa shape index (κ3) is 5.53. The maximum absolute atomic E-state index is 14.9. The normalized spacial score (nSPS) is 22.7. The Kier molecular flexibility index (Phi) is 7.09. The van der Waals surface area contributed by atoms with Crippen LogP contribution in [0.2, 0.25) is 0 Å². The highest BCUT2D eigenvalue weighted by molar-refractivity contribution is 5.73. The average molecular weight is 479 g/mol. The number of piperidine rings is 1. The first kappa shape index (κ1) is 23.9. The summed E-state index contributed by atoms with van der Waals surface area (Å²) in [7, 11) is 0. The second-order valence-corrected chi connectivity index (χ2v) is 10.2. The SMILES string of the molecule is CC(=O)N1CCC(Oc2ccc(CON3CCC4(C=CCCC4)Cc4ccccc43)cc2F)CC1. The Morgan fingerprint density at radius 3 is 2.69 bits per heavy atom. The van der Waals surface area contributed by atoms with Gasteiger partial charge in [-0.25, -0.2) is 4.39 Å². The van der Waals surface area contributed by atoms with Crippen molar-refractivity contribution in [3.63, 3.8) is 0 Å². The lowest BCUT2D eigenvalue weighted by molar-refractivity contribution is -0.130. The van der Waals surface area contributed by atoms with Crippen molar-refractivity contribution < 1.29 is 18.8 Å². The van der Waals surface area contributed by atoms with Gasteiger partial charge in [-0.1, -0.05) is 36.4 Å². The molecular formula is C29H35FN2O3. The number of hydrogen-bond donors (Lipinski definition) is 0. The number of rotatable bonds is 5. The van der Waals surface area contributed by atoms with Crippen molar-refractivity contribution in [3.05, 3.63) is 71.6 Å². The van der Waals surface area contributed by atoms with Gasteiger partial charge >= 0.3 is 0 Å². The molecule has 186 valence electrons. The van der Waals surface area contributed by atoms with Crippen LogP contribution in [0, 0.1) is 11.2 Å². The molecule has 3 aliphatic rings. The standard InChI is InChI=1S/C29H35FN2O3/c1-22(33)31-16-11-25(12-17-31)35-28-10-9-23(19-26(28)30)21-34-32-18-15-29(13-5-2-6-14-29)20-24-7-3-4-8-27(24)32/h3-5,7-10,13,19,25H,2,6,11-12,14-18,20-21H2,1H3. The summed E-state index contributed by atoms with van der Waals surface area (Å²) in [6.45, 7) is 4.00. The number of benzene rings is 2. The third-order valence-corrected chi connectivity index (χ3v) is 7.70. The van der Waals surface area contributed by atoms with Gasteiger partial charge in [0.15, 0.2) is 11.6 Å². The van der Waals surface area contributed by atoms with Crippen molar-refractivity contribution in [1.82, 2.24) is 4.90 Å². The number of nitrogens with zero attached hydrogens (tertiary/aromatic N) is 2. The summed E-state index contributed by atoms with van der Waals surface area (Å²) >= 11 is 0. The van der Waals surface area contributed by atoms with Gasteiger partial charge in [0.2, 0.25) is 5.91 Å². The van der Waals surface area contributed by atoms with Crippen LogP contribution in [0.5, 0.6) is 5.75 Å². The number of amides is 1. The summed E-state index contributed by atoms with van der Waals surface area (Å²) in [4.78, 5) is 19.6. The number of allylic oxidation sites excluding steroid dienone is 2. The molecule has 1 amide bonds. The Labute approximate surface area is 207 Å². The van der Waals surface area contributed by atoms with Gasteiger partial charge in [0, 0.05) is 39.4 Å². The molecule has 5 nitrogen and oxygen atoms in total. The van der Waals surface area contributed by atoms with Crippen LogP contribution in [0.1, 0.15) is 56.6 Å². The van der Waals surface area contributed by atoms with E-state index in [0.717, 1.165) is 43.5 Å². The van der Waals surface area contributed by atoms with E-state index < -0.39 is 0 Å². The van der Waals surface area contributed by atoms with Gasteiger partial charge in [-0.3, -0.25) is 14.7 Å². The minimum absolute atomic E-state index is 0.0723. The van der Waals surface area contributed by atoms with Crippen molar-refractivity contribution in [1.29, 1.82) is 0 Å². The summed E-state index contributed by atoms with van der Waals surface area (Å²) in [6, 6.07) is 13.6. The summed E-state index contributed by atoms with van der Waals surface area (Å²) in [5.74, 6) is -0.0276. The van der Waals surface area contributed by atoms with E-state index in [0.29, 0.717) is 19.7 Å². The Morgan fingerprint density at radius 1 is 1.11 bits per heavy atom. The molecule has 0 bridgehead atoms. The Bertz CT molecular complexity index is 1080. The fraction of sp³-hybridized carbons (Fsp3) is 0.483. The smallest absolute Gasteiger partial charge is 0.219 e. The number of anilines is 1. The first-order valence-corrected chi connectivity index (χ1v) is 12.9. The average Bonchev–Trinajstić information content (AvgIpc) is 3.01. The van der Waals surface area contributed by atoms with Crippen LogP contribution in [0.15, 0.2) is 54.6 Å². The largest absolute Gasteiger partial charge is 0.487 e. The molecule has 0 radical (unpaired) electrons. The Morgan fingerprint density at radius 2 is 1.94 bits per heavy atom. The van der Waals surface area contributed by atoms with E-state index in [-0.39, 0.29) is 29.0 Å². The Balaban J connectivity index is 1.22. The predicted molar refractivity (Wildman–Crippen MR) is 135 cm³/mol. The lowest BCUT2D eigenvalue weighted by Gasteiger charge is -2.32. The second kappa shape index (κ2) is 10.4. The number of hydrogen-bond acceptors (Lipinski definition) is 4. The maximum atomic E-state index is 14.9. The maximum Gasteiger partial charge on any atom is 0.219 e. The molecule has 0 aromatic heterocycles. The van der Waals surface area contributed by atoms with Crippen LogP contribution in [-0.2, 0) is 22.7 Å². The van der Waals surface area contributed by atoms with Crippen molar-refractivity contribution in [3.8, 4) is 5.75 Å². The summed E-state index contributed by atoms with van der Waals surface area (Å²) in [5, 5.41) is 2.00. The van der Waals surface area contributed by atoms with E-state index in [4.69, 9.17) is 9.57 Å². The fourth-order valence-electron chi connectivity index (χ4n) is 5.64. The molecule has 1 atom stereocenters. The van der Waals surface area contributed by atoms with Crippen molar-refractivity contribution in [2.24, 2.45) is 5.41 Å². The number of halogens is 1. The first-order valence-electron chi connectivity index (χ1n) is 12.9. The van der Waals surface area contributed by atoms with Gasteiger partial charge in [-0.2, -0.15) is 0 Å². The van der Waals surface area contributed by atoms with Gasteiger partial charge in [0.05, 0.1) is 5.69 Å². The molecule has 0 saturated carbocycles. The zero-order chi connectivity index (χ0) is 24.3. The molecule has 2 heterocycles. The highest BCUT2D eigenvalue weighted by Crippen LogP contribution is 2.43. The molecule has 2 aromatic rings. The minimum Gasteiger partial charge on any atom is -0.487 e. The molecular weight excluding hydrogens is 443 g/mol. The van der Waals surface area contributed by atoms with Crippen molar-refractivity contribution in [2.75, 3.05) is 24.7 Å². The van der Waals surface area contributed by atoms with Gasteiger partial charge in [-0.05, 0) is 66.8 Å². The molecule has 1 unspecified atom stereocenters. The quantitative estimate of drug-likeness (QED) is 0.508. The van der Waals surface area contributed by atoms with E-state index in [1.807, 2.05) is 16.0 Å². The zero-order valence-electron chi connectivity index (χ0n) is 20.5. The van der Waals surface area contributed by atoms with Crippen LogP contribution in [-0.4, -0.2) is 36.5 Å². The number of fused-ring (bicyclic) bond motifs is 1. The van der Waals surface area contributed by atoms with E-state index in [2.05, 4.69) is 36.4 Å². The van der Waals surface area contributed by atoms with Crippen LogP contribution in [0.4, 0.5) is 10.1 Å². The molecule has 6 heteroatoms. The molecule has 2 aromatic carbocycles. The summed E-state index contributed by atoms with van der Waals surface area (Å²) < 4.78 is 20.8. The van der Waals surface area contributed by atoms with Crippen LogP contribution >= 0.6 is 0 Å². The second-order valence-electron chi connectivity index (χ2n) is 10.2. The highest BCUT2D eigenvalue weighted by atomic mass is 19.1. The van der Waals surface area contributed by atoms with E-state index in [1.165, 1.54) is 30.9 Å². The zero-order valence-corrected chi connectivity index (χ0v) is 20.5. The molecule has 5 rings (SSSR count). The summed E-state index contributed by atoms with van der Waals surface area (Å²) in [5.41, 5.74) is 3.40. The third-order valence-electron chi connectivity index (χ3n) is 7.70. The molecule has 1 aliphatic carbocycles. The van der Waals surface area contributed by atoms with Gasteiger partial charge in [-0.15, -0.1) is 0 Å². The lowest BCUT2D eigenvalue weighted by Crippen LogP contribution is -2.40. The molecule has 35 heavy (non-hydrogen) atoms. The van der Waals surface area contributed by atoms with Gasteiger partial charge in [0.1, 0.15) is 12.7 Å². The van der Waals surface area contributed by atoms with Crippen LogP contribution in [0.3, 0.4) is 0 Å². The van der Waals surface area contributed by atoms with Crippen molar-refractivity contribution >= 4 is 11.6 Å². The molecule has 2 aliphatic heterocycles. The number of carbonyl (C=O) groups is 1. The fourth-order valence-corrected chi connectivity index (χ4v) is 5.64. The number of hydroxylamine groups is 1. The van der Waals surface area contributed by atoms with E-state index in [1.54, 1.807) is 13.0 Å². The van der Waals surface area contributed by atoms with Gasteiger partial charge in [0.25, 0.3) is 0 Å². The summed E-state index contributed by atoms with van der Waals surface area (Å²) in [6.07, 6.45) is 11.8. The van der Waals surface area contributed by atoms with Crippen molar-refractivity contribution in [2.45, 2.75) is 64.6 Å².